The first-order valence-electron chi connectivity index (χ1n) is 7.27. The summed E-state index contributed by atoms with van der Waals surface area (Å²) in [6.07, 6.45) is 0.691. The van der Waals surface area contributed by atoms with Crippen molar-refractivity contribution in [3.8, 4) is 11.5 Å². The smallest absolute Gasteiger partial charge is 0.295 e. The Morgan fingerprint density at radius 3 is 1.61 bits per heavy atom. The van der Waals surface area contributed by atoms with Gasteiger partial charge in [0.1, 0.15) is 11.5 Å². The van der Waals surface area contributed by atoms with Crippen LogP contribution in [0, 0.1) is 0 Å². The molecule has 3 aromatic carbocycles. The highest BCUT2D eigenvalue weighted by molar-refractivity contribution is 7.47. The van der Waals surface area contributed by atoms with Gasteiger partial charge in [0.2, 0.25) is 0 Å². The van der Waals surface area contributed by atoms with Crippen LogP contribution in [0.4, 0.5) is 0 Å². The normalized spacial score (nSPS) is 10.5. The van der Waals surface area contributed by atoms with E-state index in [9.17, 15) is 0 Å². The van der Waals surface area contributed by atoms with Gasteiger partial charge in [0.25, 0.3) is 8.38 Å². The summed E-state index contributed by atoms with van der Waals surface area (Å²) in [5.41, 5.74) is 1.13. The number of hydrogen-bond donors (Lipinski definition) is 0. The highest BCUT2D eigenvalue weighted by atomic mass is 35.5. The molecule has 0 aliphatic carbocycles. The van der Waals surface area contributed by atoms with Gasteiger partial charge in [-0.15, -0.1) is 0 Å². The first-order valence-corrected chi connectivity index (χ1v) is 9.02. The molecule has 0 N–H and O–H groups in total. The van der Waals surface area contributed by atoms with Crippen molar-refractivity contribution < 1.29 is 9.05 Å². The van der Waals surface area contributed by atoms with Gasteiger partial charge < -0.3 is 9.05 Å². The van der Waals surface area contributed by atoms with Crippen LogP contribution in [-0.4, -0.2) is 0 Å². The average molecular weight is 343 g/mol. The van der Waals surface area contributed by atoms with E-state index in [0.29, 0.717) is 6.16 Å². The molecule has 0 spiro atoms. The zero-order chi connectivity index (χ0) is 15.9. The summed E-state index contributed by atoms with van der Waals surface area (Å²) in [7, 11) is -1.14. The lowest BCUT2D eigenvalue weighted by Crippen LogP contribution is -1.99. The molecule has 0 aromatic heterocycles. The standard InChI is InChI=1S/C19H16ClO2P/c20-17-13-11-16(12-14-17)15-23(21-18-7-3-1-4-8-18)22-19-9-5-2-6-10-19/h1-14H,15H2. The maximum atomic E-state index is 6.06. The van der Waals surface area contributed by atoms with E-state index in [0.717, 1.165) is 22.1 Å². The van der Waals surface area contributed by atoms with Crippen LogP contribution in [0.1, 0.15) is 5.56 Å². The Labute approximate surface area is 142 Å². The lowest BCUT2D eigenvalue weighted by atomic mass is 10.2. The zero-order valence-electron chi connectivity index (χ0n) is 12.4. The minimum Gasteiger partial charge on any atom is -0.438 e. The molecule has 0 heterocycles. The predicted molar refractivity (Wildman–Crippen MR) is 96.2 cm³/mol. The van der Waals surface area contributed by atoms with Crippen LogP contribution in [0.3, 0.4) is 0 Å². The van der Waals surface area contributed by atoms with E-state index in [1.165, 1.54) is 0 Å². The van der Waals surface area contributed by atoms with Gasteiger partial charge in [0, 0.05) is 5.02 Å². The molecule has 0 amide bonds. The fraction of sp³-hybridized carbons (Fsp3) is 0.0526. The molecule has 4 heteroatoms. The third-order valence-electron chi connectivity index (χ3n) is 3.13. The molecule has 116 valence electrons. The SMILES string of the molecule is Clc1ccc(CP(Oc2ccccc2)Oc2ccccc2)cc1. The van der Waals surface area contributed by atoms with E-state index in [4.69, 9.17) is 20.6 Å². The quantitative estimate of drug-likeness (QED) is 0.489. The van der Waals surface area contributed by atoms with Gasteiger partial charge in [-0.05, 0) is 42.0 Å². The summed E-state index contributed by atoms with van der Waals surface area (Å²) in [5, 5.41) is 0.728. The topological polar surface area (TPSA) is 18.5 Å². The molecular weight excluding hydrogens is 327 g/mol. The first-order chi connectivity index (χ1) is 11.3. The molecule has 2 nitrogen and oxygen atoms in total. The average Bonchev–Trinajstić information content (AvgIpc) is 2.59. The van der Waals surface area contributed by atoms with Crippen molar-refractivity contribution in [2.75, 3.05) is 0 Å². The van der Waals surface area contributed by atoms with Crippen LogP contribution < -0.4 is 9.05 Å². The molecule has 23 heavy (non-hydrogen) atoms. The monoisotopic (exact) mass is 342 g/mol. The molecule has 0 aliphatic rings. The maximum absolute atomic E-state index is 6.06. The van der Waals surface area contributed by atoms with Gasteiger partial charge in [-0.2, -0.15) is 0 Å². The molecule has 3 rings (SSSR count). The summed E-state index contributed by atoms with van der Waals surface area (Å²) in [6.45, 7) is 0. The van der Waals surface area contributed by atoms with E-state index < -0.39 is 8.38 Å². The maximum Gasteiger partial charge on any atom is 0.295 e. The van der Waals surface area contributed by atoms with Gasteiger partial charge >= 0.3 is 0 Å². The van der Waals surface area contributed by atoms with Crippen molar-refractivity contribution in [3.63, 3.8) is 0 Å². The summed E-state index contributed by atoms with van der Waals surface area (Å²) in [5.74, 6) is 1.62. The van der Waals surface area contributed by atoms with E-state index in [2.05, 4.69) is 0 Å². The second-order valence-electron chi connectivity index (χ2n) is 4.93. The van der Waals surface area contributed by atoms with Crippen molar-refractivity contribution in [1.29, 1.82) is 0 Å². The Bertz CT molecular complexity index is 676. The van der Waals surface area contributed by atoms with Crippen LogP contribution in [0.5, 0.6) is 11.5 Å². The summed E-state index contributed by atoms with van der Waals surface area (Å²) in [4.78, 5) is 0. The third-order valence-corrected chi connectivity index (χ3v) is 4.83. The second kappa shape index (κ2) is 8.01. The molecule has 0 radical (unpaired) electrons. The summed E-state index contributed by atoms with van der Waals surface area (Å²) >= 11 is 5.95. The molecule has 0 aliphatic heterocycles. The summed E-state index contributed by atoms with van der Waals surface area (Å²) in [6, 6.07) is 27.3. The zero-order valence-corrected chi connectivity index (χ0v) is 14.1. The molecule has 0 saturated heterocycles. The fourth-order valence-corrected chi connectivity index (χ4v) is 3.53. The van der Waals surface area contributed by atoms with Gasteiger partial charge in [0.15, 0.2) is 0 Å². The Balaban J connectivity index is 1.76. The molecule has 0 atom stereocenters. The number of hydrogen-bond acceptors (Lipinski definition) is 2. The minimum atomic E-state index is -1.14. The number of halogens is 1. The predicted octanol–water partition coefficient (Wildman–Crippen LogP) is 6.31. The Morgan fingerprint density at radius 1 is 0.652 bits per heavy atom. The van der Waals surface area contributed by atoms with E-state index in [1.54, 1.807) is 0 Å². The Hall–Kier alpha value is -2.02. The largest absolute Gasteiger partial charge is 0.438 e. The van der Waals surface area contributed by atoms with Crippen molar-refractivity contribution in [1.82, 2.24) is 0 Å². The van der Waals surface area contributed by atoms with Gasteiger partial charge in [-0.25, -0.2) is 0 Å². The van der Waals surface area contributed by atoms with E-state index in [1.807, 2.05) is 84.9 Å². The molecule has 0 fully saturated rings. The molecule has 0 unspecified atom stereocenters. The highest BCUT2D eigenvalue weighted by Gasteiger charge is 2.16. The van der Waals surface area contributed by atoms with Crippen molar-refractivity contribution in [2.24, 2.45) is 0 Å². The molecule has 3 aromatic rings. The van der Waals surface area contributed by atoms with E-state index >= 15 is 0 Å². The van der Waals surface area contributed by atoms with Crippen LogP contribution in [0.25, 0.3) is 0 Å². The fourth-order valence-electron chi connectivity index (χ4n) is 2.02. The first kappa shape index (κ1) is 15.9. The third kappa shape index (κ3) is 4.99. The van der Waals surface area contributed by atoms with Crippen LogP contribution in [-0.2, 0) is 6.16 Å². The second-order valence-corrected chi connectivity index (χ2v) is 6.71. The van der Waals surface area contributed by atoms with Crippen molar-refractivity contribution in [2.45, 2.75) is 6.16 Å². The van der Waals surface area contributed by atoms with Crippen LogP contribution in [0.15, 0.2) is 84.9 Å². The highest BCUT2D eigenvalue weighted by Crippen LogP contribution is 2.43. The number of benzene rings is 3. The van der Waals surface area contributed by atoms with E-state index in [-0.39, 0.29) is 0 Å². The molecular formula is C19H16ClO2P. The molecule has 0 bridgehead atoms. The van der Waals surface area contributed by atoms with Gasteiger partial charge in [-0.3, -0.25) is 0 Å². The van der Waals surface area contributed by atoms with Gasteiger partial charge in [0.05, 0.1) is 6.16 Å². The Kier molecular flexibility index (Phi) is 5.52. The summed E-state index contributed by atoms with van der Waals surface area (Å²) < 4.78 is 12.1. The Morgan fingerprint density at radius 2 is 1.13 bits per heavy atom. The number of rotatable bonds is 6. The lowest BCUT2D eigenvalue weighted by molar-refractivity contribution is 0.488. The van der Waals surface area contributed by atoms with Crippen LogP contribution in [0.2, 0.25) is 5.02 Å². The minimum absolute atomic E-state index is 0.691. The molecule has 0 saturated carbocycles. The van der Waals surface area contributed by atoms with Crippen LogP contribution >= 0.6 is 20.0 Å². The lowest BCUT2D eigenvalue weighted by Gasteiger charge is -2.19. The van der Waals surface area contributed by atoms with Gasteiger partial charge in [-0.1, -0.05) is 60.1 Å². The van der Waals surface area contributed by atoms with Crippen molar-refractivity contribution in [3.05, 3.63) is 95.5 Å². The number of para-hydroxylation sites is 2. The van der Waals surface area contributed by atoms with Crippen molar-refractivity contribution >= 4 is 20.0 Å².